The maximum absolute atomic E-state index is 12.3. The van der Waals surface area contributed by atoms with Crippen LogP contribution in [0.5, 0.6) is 0 Å². The van der Waals surface area contributed by atoms with Gasteiger partial charge in [0, 0.05) is 12.0 Å². The van der Waals surface area contributed by atoms with Crippen molar-refractivity contribution in [2.24, 2.45) is 0 Å². The van der Waals surface area contributed by atoms with Crippen LogP contribution in [0.25, 0.3) is 0 Å². The summed E-state index contributed by atoms with van der Waals surface area (Å²) in [5.74, 6) is 0.862. The average molecular weight is 327 g/mol. The molecule has 1 aromatic heterocycles. The summed E-state index contributed by atoms with van der Waals surface area (Å²) < 4.78 is 5.54. The monoisotopic (exact) mass is 327 g/mol. The Kier molecular flexibility index (Phi) is 5.64. The summed E-state index contributed by atoms with van der Waals surface area (Å²) in [6.45, 7) is 3.98. The number of oxazole rings is 1. The summed E-state index contributed by atoms with van der Waals surface area (Å²) in [5, 5.41) is 6.33. The minimum Gasteiger partial charge on any atom is -0.448 e. The van der Waals surface area contributed by atoms with Crippen molar-refractivity contribution in [1.82, 2.24) is 15.6 Å². The summed E-state index contributed by atoms with van der Waals surface area (Å²) in [6, 6.07) is 10.4. The molecule has 3 rings (SSSR count). The lowest BCUT2D eigenvalue weighted by atomic mass is 9.98. The van der Waals surface area contributed by atoms with Crippen molar-refractivity contribution in [3.8, 4) is 0 Å². The summed E-state index contributed by atoms with van der Waals surface area (Å²) in [5.41, 5.74) is 1.67. The molecule has 1 atom stereocenters. The fourth-order valence-electron chi connectivity index (χ4n) is 3.05. The highest BCUT2D eigenvalue weighted by atomic mass is 16.3. The lowest BCUT2D eigenvalue weighted by Crippen LogP contribution is -2.33. The Balaban J connectivity index is 1.50. The third-order valence-electron chi connectivity index (χ3n) is 4.53. The first-order valence-electron chi connectivity index (χ1n) is 8.73. The van der Waals surface area contributed by atoms with Crippen molar-refractivity contribution < 1.29 is 9.21 Å². The maximum atomic E-state index is 12.3. The Morgan fingerprint density at radius 3 is 2.83 bits per heavy atom. The highest BCUT2D eigenvalue weighted by Gasteiger charge is 2.22. The second-order valence-electron chi connectivity index (χ2n) is 6.49. The molecule has 1 amide bonds. The van der Waals surface area contributed by atoms with Crippen LogP contribution in [0.3, 0.4) is 0 Å². The van der Waals surface area contributed by atoms with E-state index in [9.17, 15) is 4.79 Å². The van der Waals surface area contributed by atoms with Crippen molar-refractivity contribution in [2.75, 3.05) is 13.1 Å². The van der Waals surface area contributed by atoms with Crippen molar-refractivity contribution in [2.45, 2.75) is 44.6 Å². The van der Waals surface area contributed by atoms with Crippen LogP contribution >= 0.6 is 0 Å². The molecule has 128 valence electrons. The Morgan fingerprint density at radius 2 is 2.08 bits per heavy atom. The molecule has 2 heterocycles. The number of amides is 1. The van der Waals surface area contributed by atoms with Crippen LogP contribution in [0.4, 0.5) is 0 Å². The van der Waals surface area contributed by atoms with E-state index >= 15 is 0 Å². The van der Waals surface area contributed by atoms with Crippen molar-refractivity contribution in [1.29, 1.82) is 0 Å². The van der Waals surface area contributed by atoms with Crippen LogP contribution in [0.1, 0.15) is 54.0 Å². The normalized spacial score (nSPS) is 16.7. The number of aromatic nitrogens is 1. The summed E-state index contributed by atoms with van der Waals surface area (Å²) in [7, 11) is 0. The molecule has 0 saturated carbocycles. The molecule has 1 saturated heterocycles. The number of carbonyl (C=O) groups is 1. The van der Waals surface area contributed by atoms with Gasteiger partial charge in [0.05, 0.1) is 0 Å². The number of nitrogens with one attached hydrogen (secondary N) is 2. The fraction of sp³-hybridized carbons (Fsp3) is 0.474. The Labute approximate surface area is 142 Å². The molecule has 0 bridgehead atoms. The predicted molar refractivity (Wildman–Crippen MR) is 93.0 cm³/mol. The topological polar surface area (TPSA) is 67.2 Å². The number of nitrogens with zero attached hydrogens (tertiary/aromatic N) is 1. The van der Waals surface area contributed by atoms with Crippen molar-refractivity contribution in [3.05, 3.63) is 53.7 Å². The zero-order chi connectivity index (χ0) is 16.8. The summed E-state index contributed by atoms with van der Waals surface area (Å²) >= 11 is 0. The van der Waals surface area contributed by atoms with Gasteiger partial charge in [0.1, 0.15) is 6.26 Å². The standard InChI is InChI=1S/C19H25N3O2/c1-14(7-8-15-5-3-2-4-6-15)21-18(23)17-13-24-19(22-17)16-9-11-20-12-10-16/h2-6,13-14,16,20H,7-12H2,1H3,(H,21,23). The number of carbonyl (C=O) groups excluding carboxylic acids is 1. The van der Waals surface area contributed by atoms with Crippen LogP contribution in [0.2, 0.25) is 0 Å². The van der Waals surface area contributed by atoms with Gasteiger partial charge in [-0.25, -0.2) is 4.98 Å². The lowest BCUT2D eigenvalue weighted by Gasteiger charge is -2.19. The van der Waals surface area contributed by atoms with Gasteiger partial charge in [0.15, 0.2) is 11.6 Å². The quantitative estimate of drug-likeness (QED) is 0.856. The Morgan fingerprint density at radius 1 is 1.33 bits per heavy atom. The SMILES string of the molecule is CC(CCc1ccccc1)NC(=O)c1coc(C2CCNCC2)n1. The number of hydrogen-bond donors (Lipinski definition) is 2. The number of benzene rings is 1. The first kappa shape index (κ1) is 16.7. The molecule has 2 N–H and O–H groups in total. The maximum Gasteiger partial charge on any atom is 0.273 e. The van der Waals surface area contributed by atoms with Gasteiger partial charge in [-0.15, -0.1) is 0 Å². The number of piperidine rings is 1. The van der Waals surface area contributed by atoms with Gasteiger partial charge in [-0.1, -0.05) is 30.3 Å². The van der Waals surface area contributed by atoms with E-state index in [1.54, 1.807) is 0 Å². The van der Waals surface area contributed by atoms with Gasteiger partial charge in [0.25, 0.3) is 5.91 Å². The molecule has 0 spiro atoms. The van der Waals surface area contributed by atoms with E-state index in [4.69, 9.17) is 4.42 Å². The first-order chi connectivity index (χ1) is 11.7. The Hall–Kier alpha value is -2.14. The van der Waals surface area contributed by atoms with Gasteiger partial charge in [-0.05, 0) is 51.3 Å². The highest BCUT2D eigenvalue weighted by molar-refractivity contribution is 5.92. The zero-order valence-corrected chi connectivity index (χ0v) is 14.1. The van der Waals surface area contributed by atoms with Gasteiger partial charge < -0.3 is 15.1 Å². The molecule has 1 aliphatic heterocycles. The molecule has 0 aliphatic carbocycles. The van der Waals surface area contributed by atoms with Gasteiger partial charge in [0.2, 0.25) is 0 Å². The molecule has 1 aliphatic rings. The van der Waals surface area contributed by atoms with Crippen LogP contribution < -0.4 is 10.6 Å². The smallest absolute Gasteiger partial charge is 0.273 e. The third kappa shape index (κ3) is 4.45. The van der Waals surface area contributed by atoms with Crippen LogP contribution in [-0.2, 0) is 6.42 Å². The van der Waals surface area contributed by atoms with Gasteiger partial charge in [-0.2, -0.15) is 0 Å². The molecule has 24 heavy (non-hydrogen) atoms. The van der Waals surface area contributed by atoms with E-state index in [0.29, 0.717) is 17.5 Å². The Bertz CT molecular complexity index is 648. The fourth-order valence-corrected chi connectivity index (χ4v) is 3.05. The van der Waals surface area contributed by atoms with Crippen molar-refractivity contribution in [3.63, 3.8) is 0 Å². The minimum atomic E-state index is -0.153. The molecule has 1 unspecified atom stereocenters. The molecule has 0 radical (unpaired) electrons. The highest BCUT2D eigenvalue weighted by Crippen LogP contribution is 2.24. The summed E-state index contributed by atoms with van der Waals surface area (Å²) in [6.07, 6.45) is 5.34. The van der Waals surface area contributed by atoms with E-state index < -0.39 is 0 Å². The predicted octanol–water partition coefficient (Wildman–Crippen LogP) is 2.89. The second kappa shape index (κ2) is 8.11. The first-order valence-corrected chi connectivity index (χ1v) is 8.73. The largest absolute Gasteiger partial charge is 0.448 e. The van der Waals surface area contributed by atoms with Gasteiger partial charge in [-0.3, -0.25) is 4.79 Å². The van der Waals surface area contributed by atoms with E-state index in [1.807, 2.05) is 25.1 Å². The van der Waals surface area contributed by atoms with Crippen LogP contribution in [0.15, 0.2) is 41.0 Å². The molecule has 1 fully saturated rings. The zero-order valence-electron chi connectivity index (χ0n) is 14.1. The van der Waals surface area contributed by atoms with E-state index in [1.165, 1.54) is 11.8 Å². The molecular weight excluding hydrogens is 302 g/mol. The number of hydrogen-bond acceptors (Lipinski definition) is 4. The van der Waals surface area contributed by atoms with E-state index in [2.05, 4.69) is 27.8 Å². The summed E-state index contributed by atoms with van der Waals surface area (Å²) in [4.78, 5) is 16.7. The van der Waals surface area contributed by atoms with Gasteiger partial charge >= 0.3 is 0 Å². The minimum absolute atomic E-state index is 0.0942. The molecule has 5 heteroatoms. The lowest BCUT2D eigenvalue weighted by molar-refractivity contribution is 0.0933. The van der Waals surface area contributed by atoms with E-state index in [0.717, 1.165) is 38.8 Å². The third-order valence-corrected chi connectivity index (χ3v) is 4.53. The number of aryl methyl sites for hydroxylation is 1. The molecular formula is C19H25N3O2. The van der Waals surface area contributed by atoms with Crippen molar-refractivity contribution >= 4 is 5.91 Å². The van der Waals surface area contributed by atoms with Crippen LogP contribution in [0, 0.1) is 0 Å². The van der Waals surface area contributed by atoms with Crippen LogP contribution in [-0.4, -0.2) is 30.0 Å². The molecule has 1 aromatic carbocycles. The molecule has 5 nitrogen and oxygen atoms in total. The second-order valence-corrected chi connectivity index (χ2v) is 6.49. The number of rotatable bonds is 6. The molecule has 2 aromatic rings. The average Bonchev–Trinajstić information content (AvgIpc) is 3.12. The van der Waals surface area contributed by atoms with E-state index in [-0.39, 0.29) is 11.9 Å².